The van der Waals surface area contributed by atoms with Gasteiger partial charge in [-0.05, 0) is 37.1 Å². The Morgan fingerprint density at radius 2 is 1.95 bits per heavy atom. The highest BCUT2D eigenvalue weighted by molar-refractivity contribution is 6.00. The van der Waals surface area contributed by atoms with Gasteiger partial charge in [0.05, 0.1) is 7.11 Å². The minimum absolute atomic E-state index is 0.209. The molecule has 0 aromatic heterocycles. The molecule has 1 aliphatic heterocycles. The second-order valence-electron chi connectivity index (χ2n) is 4.76. The molecule has 112 valence electrons. The Kier molecular flexibility index (Phi) is 4.42. The molecule has 1 aromatic rings. The number of ether oxygens (including phenoxy) is 1. The van der Waals surface area contributed by atoms with Gasteiger partial charge in [0.25, 0.3) is 11.8 Å². The van der Waals surface area contributed by atoms with Crippen molar-refractivity contribution in [2.45, 2.75) is 18.9 Å². The van der Waals surface area contributed by atoms with E-state index in [9.17, 15) is 9.59 Å². The highest BCUT2D eigenvalue weighted by Gasteiger charge is 2.34. The van der Waals surface area contributed by atoms with Crippen LogP contribution in [0.4, 0.5) is 0 Å². The van der Waals surface area contributed by atoms with Crippen LogP contribution >= 0.6 is 0 Å². The molecule has 0 bridgehead atoms. The zero-order valence-corrected chi connectivity index (χ0v) is 11.8. The smallest absolute Gasteiger partial charge is 0.271 e. The highest BCUT2D eigenvalue weighted by Crippen LogP contribution is 2.22. The number of carbonyl (C=O) groups excluding carboxylic acids is 2. The first kappa shape index (κ1) is 14.8. The summed E-state index contributed by atoms with van der Waals surface area (Å²) in [6, 6.07) is 6.15. The van der Waals surface area contributed by atoms with E-state index in [1.165, 1.54) is 4.90 Å². The number of guanidine groups is 1. The Labute approximate surface area is 122 Å². The molecule has 1 heterocycles. The van der Waals surface area contributed by atoms with Crippen LogP contribution in [0.2, 0.25) is 0 Å². The van der Waals surface area contributed by atoms with Crippen molar-refractivity contribution in [3.05, 3.63) is 29.8 Å². The summed E-state index contributed by atoms with van der Waals surface area (Å²) in [6.07, 6.45) is 1.32. The molecule has 1 fully saturated rings. The zero-order valence-electron chi connectivity index (χ0n) is 11.8. The van der Waals surface area contributed by atoms with Gasteiger partial charge < -0.3 is 21.1 Å². The van der Waals surface area contributed by atoms with Crippen LogP contribution in [0, 0.1) is 0 Å². The summed E-state index contributed by atoms with van der Waals surface area (Å²) in [5, 5.41) is 0. The molecule has 7 nitrogen and oxygen atoms in total. The number of amides is 2. The molecular weight excluding hydrogens is 272 g/mol. The predicted molar refractivity (Wildman–Crippen MR) is 77.9 cm³/mol. The maximum absolute atomic E-state index is 12.5. The van der Waals surface area contributed by atoms with Gasteiger partial charge >= 0.3 is 0 Å². The summed E-state index contributed by atoms with van der Waals surface area (Å²) in [5.74, 6) is -0.307. The van der Waals surface area contributed by atoms with E-state index in [0.29, 0.717) is 24.3 Å². The van der Waals surface area contributed by atoms with Crippen molar-refractivity contribution in [1.29, 1.82) is 0 Å². The second-order valence-corrected chi connectivity index (χ2v) is 4.76. The van der Waals surface area contributed by atoms with Crippen LogP contribution in [-0.4, -0.2) is 42.4 Å². The normalized spacial score (nSPS) is 17.4. The van der Waals surface area contributed by atoms with Gasteiger partial charge in [-0.3, -0.25) is 9.59 Å². The van der Waals surface area contributed by atoms with E-state index in [1.54, 1.807) is 31.4 Å². The zero-order chi connectivity index (χ0) is 15.4. The quantitative estimate of drug-likeness (QED) is 0.606. The topological polar surface area (TPSA) is 111 Å². The van der Waals surface area contributed by atoms with E-state index < -0.39 is 11.9 Å². The molecular formula is C14H18N4O3. The van der Waals surface area contributed by atoms with E-state index in [1.807, 2.05) is 0 Å². The van der Waals surface area contributed by atoms with Crippen molar-refractivity contribution in [1.82, 2.24) is 4.90 Å². The van der Waals surface area contributed by atoms with E-state index >= 15 is 0 Å². The molecule has 7 heteroatoms. The Balaban J connectivity index is 2.16. The SMILES string of the molecule is COc1ccc(C(=O)N2CCCC2C(=O)N=C(N)N)cc1. The Morgan fingerprint density at radius 1 is 1.29 bits per heavy atom. The van der Waals surface area contributed by atoms with Gasteiger partial charge in [0.15, 0.2) is 5.96 Å². The molecule has 1 aromatic carbocycles. The maximum atomic E-state index is 12.5. The molecule has 0 aliphatic carbocycles. The van der Waals surface area contributed by atoms with E-state index in [2.05, 4.69) is 4.99 Å². The number of likely N-dealkylation sites (tertiary alicyclic amines) is 1. The molecule has 1 saturated heterocycles. The molecule has 0 spiro atoms. The Hall–Kier alpha value is -2.57. The lowest BCUT2D eigenvalue weighted by Gasteiger charge is -2.22. The van der Waals surface area contributed by atoms with Crippen LogP contribution in [0.1, 0.15) is 23.2 Å². The van der Waals surface area contributed by atoms with Crippen LogP contribution in [-0.2, 0) is 4.79 Å². The summed E-state index contributed by atoms with van der Waals surface area (Å²) in [7, 11) is 1.56. The molecule has 2 amide bonds. The molecule has 1 atom stereocenters. The lowest BCUT2D eigenvalue weighted by molar-refractivity contribution is -0.121. The monoisotopic (exact) mass is 290 g/mol. The van der Waals surface area contributed by atoms with Gasteiger partial charge in [0, 0.05) is 12.1 Å². The number of aliphatic imine (C=N–C) groups is 1. The van der Waals surface area contributed by atoms with E-state index in [4.69, 9.17) is 16.2 Å². The van der Waals surface area contributed by atoms with Crippen LogP contribution in [0.25, 0.3) is 0 Å². The standard InChI is InChI=1S/C14H18N4O3/c1-21-10-6-4-9(5-7-10)13(20)18-8-2-3-11(18)12(19)17-14(15)16/h4-7,11H,2-3,8H2,1H3,(H4,15,16,17,19). The summed E-state index contributed by atoms with van der Waals surface area (Å²) < 4.78 is 5.05. The van der Waals surface area contributed by atoms with Gasteiger partial charge in [-0.15, -0.1) is 0 Å². The van der Waals surface area contributed by atoms with E-state index in [0.717, 1.165) is 6.42 Å². The van der Waals surface area contributed by atoms with Gasteiger partial charge in [0.2, 0.25) is 0 Å². The first-order chi connectivity index (χ1) is 10.0. The minimum atomic E-state index is -0.596. The van der Waals surface area contributed by atoms with Crippen molar-refractivity contribution < 1.29 is 14.3 Å². The second kappa shape index (κ2) is 6.25. The minimum Gasteiger partial charge on any atom is -0.497 e. The lowest BCUT2D eigenvalue weighted by atomic mass is 10.1. The third-order valence-corrected chi connectivity index (χ3v) is 3.37. The highest BCUT2D eigenvalue weighted by atomic mass is 16.5. The fraction of sp³-hybridized carbons (Fsp3) is 0.357. The first-order valence-electron chi connectivity index (χ1n) is 6.61. The van der Waals surface area contributed by atoms with Gasteiger partial charge in [-0.2, -0.15) is 4.99 Å². The summed E-state index contributed by atoms with van der Waals surface area (Å²) in [4.78, 5) is 29.5. The fourth-order valence-electron chi connectivity index (χ4n) is 2.37. The predicted octanol–water partition coefficient (Wildman–Crippen LogP) is 0.0998. The molecule has 1 aliphatic rings. The van der Waals surface area contributed by atoms with Crippen LogP contribution < -0.4 is 16.2 Å². The number of carbonyl (C=O) groups is 2. The summed E-state index contributed by atoms with van der Waals surface area (Å²) in [5.41, 5.74) is 10.9. The van der Waals surface area contributed by atoms with Gasteiger partial charge in [-0.25, -0.2) is 0 Å². The molecule has 2 rings (SSSR count). The molecule has 21 heavy (non-hydrogen) atoms. The third kappa shape index (κ3) is 3.31. The maximum Gasteiger partial charge on any atom is 0.271 e. The third-order valence-electron chi connectivity index (χ3n) is 3.37. The van der Waals surface area contributed by atoms with Crippen molar-refractivity contribution in [2.24, 2.45) is 16.5 Å². The van der Waals surface area contributed by atoms with E-state index in [-0.39, 0.29) is 11.9 Å². The number of hydrogen-bond acceptors (Lipinski definition) is 3. The summed E-state index contributed by atoms with van der Waals surface area (Å²) in [6.45, 7) is 0.515. The number of methoxy groups -OCH3 is 1. The van der Waals surface area contributed by atoms with Crippen molar-refractivity contribution in [3.63, 3.8) is 0 Å². The van der Waals surface area contributed by atoms with Crippen molar-refractivity contribution >= 4 is 17.8 Å². The molecule has 1 unspecified atom stereocenters. The largest absolute Gasteiger partial charge is 0.497 e. The average Bonchev–Trinajstić information content (AvgIpc) is 2.95. The number of benzene rings is 1. The lowest BCUT2D eigenvalue weighted by Crippen LogP contribution is -2.41. The number of nitrogens with two attached hydrogens (primary N) is 2. The number of nitrogens with zero attached hydrogens (tertiary/aromatic N) is 2. The Bertz CT molecular complexity index is 564. The molecule has 0 saturated carbocycles. The average molecular weight is 290 g/mol. The van der Waals surface area contributed by atoms with Gasteiger partial charge in [-0.1, -0.05) is 0 Å². The first-order valence-corrected chi connectivity index (χ1v) is 6.61. The van der Waals surface area contributed by atoms with Crippen molar-refractivity contribution in [3.8, 4) is 5.75 Å². The Morgan fingerprint density at radius 3 is 2.52 bits per heavy atom. The van der Waals surface area contributed by atoms with Crippen LogP contribution in [0.5, 0.6) is 5.75 Å². The number of rotatable bonds is 3. The molecule has 4 N–H and O–H groups in total. The van der Waals surface area contributed by atoms with Crippen LogP contribution in [0.15, 0.2) is 29.3 Å². The van der Waals surface area contributed by atoms with Crippen molar-refractivity contribution in [2.75, 3.05) is 13.7 Å². The number of hydrogen-bond donors (Lipinski definition) is 2. The molecule has 0 radical (unpaired) electrons. The summed E-state index contributed by atoms with van der Waals surface area (Å²) >= 11 is 0. The fourth-order valence-corrected chi connectivity index (χ4v) is 2.37. The van der Waals surface area contributed by atoms with Gasteiger partial charge in [0.1, 0.15) is 11.8 Å². The van der Waals surface area contributed by atoms with Crippen LogP contribution in [0.3, 0.4) is 0 Å².